The lowest BCUT2D eigenvalue weighted by atomic mass is 10.1. The largest absolute Gasteiger partial charge is 0.507 e. The van der Waals surface area contributed by atoms with E-state index in [-0.39, 0.29) is 23.1 Å². The number of nitrogens with zero attached hydrogens (tertiary/aromatic N) is 8. The quantitative estimate of drug-likeness (QED) is 0.175. The summed E-state index contributed by atoms with van der Waals surface area (Å²) in [6.07, 6.45) is 0. The van der Waals surface area contributed by atoms with Gasteiger partial charge in [0.1, 0.15) is 11.5 Å². The van der Waals surface area contributed by atoms with Gasteiger partial charge in [-0.15, -0.1) is 11.3 Å². The molecule has 0 aliphatic rings. The number of benzene rings is 4. The molecule has 0 saturated heterocycles. The average Bonchev–Trinajstić information content (AvgIpc) is 3.63. The molecule has 7 aromatic rings. The standard InChI is InChI=1S/C36H20N8O2S/c1-38-24-16-14-23(15-17-24)32-40-34(26-7-3-5-9-28(26)46)44-36(42-32)30-19-18-29(47-30)35-41-31(22-12-10-21(20-37)11-13-22)39-33(43-35)25-6-2-4-8-27(25)45/h2-19,45-46H. The molecule has 47 heavy (non-hydrogen) atoms. The first kappa shape index (κ1) is 28.9. The normalized spacial score (nSPS) is 10.7. The van der Waals surface area contributed by atoms with Crippen molar-refractivity contribution in [3.8, 4) is 84.5 Å². The number of rotatable bonds is 6. The highest BCUT2D eigenvalue weighted by Gasteiger charge is 2.19. The van der Waals surface area contributed by atoms with Crippen molar-refractivity contribution in [1.82, 2.24) is 29.9 Å². The van der Waals surface area contributed by atoms with Gasteiger partial charge in [-0.3, -0.25) is 0 Å². The topological polar surface area (TPSA) is 146 Å². The average molecular weight is 629 g/mol. The number of phenols is 2. The molecule has 222 valence electrons. The van der Waals surface area contributed by atoms with Crippen LogP contribution in [0.3, 0.4) is 0 Å². The third kappa shape index (κ3) is 5.85. The van der Waals surface area contributed by atoms with E-state index in [0.29, 0.717) is 66.6 Å². The summed E-state index contributed by atoms with van der Waals surface area (Å²) in [6, 6.07) is 33.3. The van der Waals surface area contributed by atoms with E-state index in [1.54, 1.807) is 97.1 Å². The molecule has 0 spiro atoms. The smallest absolute Gasteiger partial charge is 0.187 e. The minimum Gasteiger partial charge on any atom is -0.507 e. The number of nitriles is 1. The molecule has 7 rings (SSSR count). The second-order valence-electron chi connectivity index (χ2n) is 10.2. The fourth-order valence-corrected chi connectivity index (χ4v) is 5.63. The predicted molar refractivity (Wildman–Crippen MR) is 178 cm³/mol. The molecule has 0 bridgehead atoms. The Hall–Kier alpha value is -6.82. The molecule has 0 radical (unpaired) electrons. The van der Waals surface area contributed by atoms with Gasteiger partial charge in [0.15, 0.2) is 40.6 Å². The number of phenolic OH excluding ortho intramolecular Hbond substituents is 2. The van der Waals surface area contributed by atoms with Crippen LogP contribution in [0.15, 0.2) is 109 Å². The van der Waals surface area contributed by atoms with Crippen LogP contribution in [-0.4, -0.2) is 40.1 Å². The van der Waals surface area contributed by atoms with Gasteiger partial charge >= 0.3 is 0 Å². The maximum absolute atomic E-state index is 10.6. The molecule has 10 nitrogen and oxygen atoms in total. The van der Waals surface area contributed by atoms with Crippen LogP contribution in [0.1, 0.15) is 5.56 Å². The third-order valence-electron chi connectivity index (χ3n) is 7.13. The predicted octanol–water partition coefficient (Wildman–Crippen LogP) is 7.95. The SMILES string of the molecule is [C-]#[N+]c1ccc(-c2nc(-c3ccc(-c4nc(-c5ccc(C#N)cc5)nc(-c5ccccc5O)n4)s3)nc(-c3ccccc3O)n2)cc1. The molecule has 0 amide bonds. The minimum absolute atomic E-state index is 0.0288. The van der Waals surface area contributed by atoms with Crippen LogP contribution in [-0.2, 0) is 0 Å². The number of thiophene rings is 1. The van der Waals surface area contributed by atoms with Crippen LogP contribution in [0.5, 0.6) is 11.5 Å². The van der Waals surface area contributed by atoms with Gasteiger partial charge in [-0.1, -0.05) is 48.5 Å². The molecular formula is C36H20N8O2S. The van der Waals surface area contributed by atoms with Gasteiger partial charge in [-0.2, -0.15) is 5.26 Å². The molecule has 11 heteroatoms. The first-order valence-electron chi connectivity index (χ1n) is 14.2. The summed E-state index contributed by atoms with van der Waals surface area (Å²) in [5, 5.41) is 30.5. The van der Waals surface area contributed by atoms with E-state index >= 15 is 0 Å². The molecule has 0 fully saturated rings. The number of para-hydroxylation sites is 2. The van der Waals surface area contributed by atoms with Gasteiger partial charge in [0.25, 0.3) is 0 Å². The van der Waals surface area contributed by atoms with Gasteiger partial charge in [-0.05, 0) is 60.7 Å². The van der Waals surface area contributed by atoms with Gasteiger partial charge in [0, 0.05) is 11.1 Å². The summed E-state index contributed by atoms with van der Waals surface area (Å²) in [5.74, 6) is 2.14. The lowest BCUT2D eigenvalue weighted by Gasteiger charge is -2.09. The number of aromatic nitrogens is 6. The van der Waals surface area contributed by atoms with Crippen LogP contribution >= 0.6 is 11.3 Å². The Morgan fingerprint density at radius 1 is 0.532 bits per heavy atom. The zero-order chi connectivity index (χ0) is 32.3. The van der Waals surface area contributed by atoms with E-state index in [1.807, 2.05) is 12.1 Å². The van der Waals surface area contributed by atoms with Crippen molar-refractivity contribution in [3.63, 3.8) is 0 Å². The highest BCUT2D eigenvalue weighted by molar-refractivity contribution is 7.18. The lowest BCUT2D eigenvalue weighted by molar-refractivity contribution is 0.476. The van der Waals surface area contributed by atoms with Crippen molar-refractivity contribution in [1.29, 1.82) is 5.26 Å². The summed E-state index contributed by atoms with van der Waals surface area (Å²) in [4.78, 5) is 33.2. The maximum Gasteiger partial charge on any atom is 0.187 e. The Morgan fingerprint density at radius 3 is 1.40 bits per heavy atom. The van der Waals surface area contributed by atoms with Crippen LogP contribution in [0.25, 0.3) is 71.8 Å². The molecular weight excluding hydrogens is 609 g/mol. The van der Waals surface area contributed by atoms with E-state index in [4.69, 9.17) is 26.5 Å². The first-order chi connectivity index (χ1) is 23.0. The summed E-state index contributed by atoms with van der Waals surface area (Å²) in [5.41, 5.74) is 3.26. The first-order valence-corrected chi connectivity index (χ1v) is 15.0. The molecule has 2 N–H and O–H groups in total. The summed E-state index contributed by atoms with van der Waals surface area (Å²) in [7, 11) is 0. The lowest BCUT2D eigenvalue weighted by Crippen LogP contribution is -2.00. The van der Waals surface area contributed by atoms with Crippen LogP contribution in [0.2, 0.25) is 0 Å². The fraction of sp³-hybridized carbons (Fsp3) is 0. The molecule has 0 aliphatic heterocycles. The fourth-order valence-electron chi connectivity index (χ4n) is 4.75. The molecule has 0 unspecified atom stereocenters. The number of hydrogen-bond acceptors (Lipinski definition) is 10. The van der Waals surface area contributed by atoms with E-state index in [0.717, 1.165) is 0 Å². The monoisotopic (exact) mass is 628 g/mol. The molecule has 0 aliphatic carbocycles. The minimum atomic E-state index is 0.0288. The van der Waals surface area contributed by atoms with Gasteiger partial charge in [-0.25, -0.2) is 34.7 Å². The van der Waals surface area contributed by atoms with Crippen molar-refractivity contribution in [3.05, 3.63) is 126 Å². The number of aromatic hydroxyl groups is 2. The Kier molecular flexibility index (Phi) is 7.56. The Morgan fingerprint density at radius 2 is 0.957 bits per heavy atom. The third-order valence-corrected chi connectivity index (χ3v) is 8.21. The zero-order valence-corrected chi connectivity index (χ0v) is 25.1. The second kappa shape index (κ2) is 12.3. The molecule has 3 aromatic heterocycles. The van der Waals surface area contributed by atoms with E-state index in [1.165, 1.54) is 11.3 Å². The molecule has 3 heterocycles. The Balaban J connectivity index is 1.36. The van der Waals surface area contributed by atoms with E-state index in [9.17, 15) is 15.5 Å². The zero-order valence-electron chi connectivity index (χ0n) is 24.3. The van der Waals surface area contributed by atoms with Gasteiger partial charge in [0.2, 0.25) is 0 Å². The summed E-state index contributed by atoms with van der Waals surface area (Å²) >= 11 is 1.36. The Labute approximate surface area is 272 Å². The van der Waals surface area contributed by atoms with Crippen LogP contribution < -0.4 is 0 Å². The van der Waals surface area contributed by atoms with E-state index < -0.39 is 0 Å². The molecule has 0 saturated carbocycles. The highest BCUT2D eigenvalue weighted by Crippen LogP contribution is 2.36. The Bertz CT molecular complexity index is 2190. The van der Waals surface area contributed by atoms with Crippen molar-refractivity contribution in [2.24, 2.45) is 0 Å². The van der Waals surface area contributed by atoms with Crippen molar-refractivity contribution in [2.45, 2.75) is 0 Å². The van der Waals surface area contributed by atoms with Crippen LogP contribution in [0.4, 0.5) is 5.69 Å². The van der Waals surface area contributed by atoms with Crippen LogP contribution in [0, 0.1) is 17.9 Å². The highest BCUT2D eigenvalue weighted by atomic mass is 32.1. The van der Waals surface area contributed by atoms with Crippen molar-refractivity contribution < 1.29 is 10.2 Å². The number of hydrogen-bond donors (Lipinski definition) is 2. The van der Waals surface area contributed by atoms with E-state index in [2.05, 4.69) is 20.9 Å². The summed E-state index contributed by atoms with van der Waals surface area (Å²) in [6.45, 7) is 7.28. The molecule has 0 atom stereocenters. The van der Waals surface area contributed by atoms with Crippen molar-refractivity contribution in [2.75, 3.05) is 0 Å². The van der Waals surface area contributed by atoms with Gasteiger partial charge < -0.3 is 10.2 Å². The van der Waals surface area contributed by atoms with Crippen molar-refractivity contribution >= 4 is 17.0 Å². The maximum atomic E-state index is 10.6. The second-order valence-corrected chi connectivity index (χ2v) is 11.2. The molecule has 4 aromatic carbocycles. The summed E-state index contributed by atoms with van der Waals surface area (Å²) < 4.78 is 0. The van der Waals surface area contributed by atoms with Gasteiger partial charge in [0.05, 0.1) is 39.1 Å².